The molecule has 4 heteroatoms. The molecule has 20 heavy (non-hydrogen) atoms. The van der Waals surface area contributed by atoms with Gasteiger partial charge in [0.2, 0.25) is 0 Å². The monoisotopic (exact) mass is 305 g/mol. The quantitative estimate of drug-likeness (QED) is 0.852. The van der Waals surface area contributed by atoms with Gasteiger partial charge in [0.15, 0.2) is 0 Å². The molecule has 3 rings (SSSR count). The lowest BCUT2D eigenvalue weighted by Gasteiger charge is -2.28. The number of nitrogens with one attached hydrogen (secondary N) is 1. The minimum Gasteiger partial charge on any atom is -0.496 e. The van der Waals surface area contributed by atoms with Crippen molar-refractivity contribution in [1.82, 2.24) is 0 Å². The lowest BCUT2D eigenvalue weighted by atomic mass is 10.0. The minimum absolute atomic E-state index is 0.417. The number of rotatable bonds is 3. The molecular weight excluding hydrogens is 286 g/mol. The van der Waals surface area contributed by atoms with Gasteiger partial charge in [0, 0.05) is 10.9 Å². The Kier molecular flexibility index (Phi) is 3.94. The number of benzene rings is 1. The van der Waals surface area contributed by atoms with Crippen molar-refractivity contribution in [2.75, 3.05) is 12.4 Å². The summed E-state index contributed by atoms with van der Waals surface area (Å²) in [6.07, 6.45) is 1.17. The van der Waals surface area contributed by atoms with Gasteiger partial charge in [-0.05, 0) is 54.1 Å². The maximum absolute atomic E-state index is 5.32. The number of thiophene rings is 1. The zero-order valence-electron chi connectivity index (χ0n) is 12.0. The van der Waals surface area contributed by atoms with Crippen molar-refractivity contribution < 1.29 is 4.74 Å². The molecule has 0 bridgehead atoms. The van der Waals surface area contributed by atoms with Crippen LogP contribution < -0.4 is 10.1 Å². The molecule has 1 N–H and O–H groups in total. The molecule has 106 valence electrons. The van der Waals surface area contributed by atoms with Gasteiger partial charge in [0.25, 0.3) is 0 Å². The van der Waals surface area contributed by atoms with Gasteiger partial charge in [-0.15, -0.1) is 23.1 Å². The third kappa shape index (κ3) is 2.67. The summed E-state index contributed by atoms with van der Waals surface area (Å²) in [5, 5.41) is 6.55. The van der Waals surface area contributed by atoms with Crippen molar-refractivity contribution in [1.29, 1.82) is 0 Å². The van der Waals surface area contributed by atoms with Gasteiger partial charge in [-0.3, -0.25) is 0 Å². The summed E-state index contributed by atoms with van der Waals surface area (Å²) in [4.78, 5) is 0. The molecule has 1 unspecified atom stereocenters. The molecule has 1 aromatic heterocycles. The average molecular weight is 305 g/mol. The van der Waals surface area contributed by atoms with Gasteiger partial charge < -0.3 is 10.1 Å². The Morgan fingerprint density at radius 2 is 2.15 bits per heavy atom. The number of anilines is 1. The number of fused-ring (bicyclic) bond motifs is 1. The zero-order valence-corrected chi connectivity index (χ0v) is 13.6. The first-order chi connectivity index (χ1) is 9.67. The van der Waals surface area contributed by atoms with Crippen LogP contribution >= 0.6 is 23.1 Å². The van der Waals surface area contributed by atoms with Crippen molar-refractivity contribution in [2.24, 2.45) is 0 Å². The number of ether oxygens (including phenoxy) is 1. The second kappa shape index (κ2) is 5.70. The van der Waals surface area contributed by atoms with Crippen molar-refractivity contribution in [3.8, 4) is 5.75 Å². The van der Waals surface area contributed by atoms with E-state index in [-0.39, 0.29) is 0 Å². The van der Waals surface area contributed by atoms with Gasteiger partial charge in [0.1, 0.15) is 5.75 Å². The lowest BCUT2D eigenvalue weighted by Crippen LogP contribution is -2.19. The van der Waals surface area contributed by atoms with Crippen LogP contribution in [0.15, 0.2) is 33.9 Å². The van der Waals surface area contributed by atoms with E-state index in [1.165, 1.54) is 27.4 Å². The number of thioether (sulfide) groups is 1. The van der Waals surface area contributed by atoms with Crippen LogP contribution in [0.1, 0.15) is 30.5 Å². The van der Waals surface area contributed by atoms with Crippen LogP contribution in [0, 0.1) is 6.92 Å². The van der Waals surface area contributed by atoms with Crippen LogP contribution in [0.5, 0.6) is 5.75 Å². The molecule has 0 fully saturated rings. The molecule has 2 atom stereocenters. The molecular formula is C16H19NOS2. The zero-order chi connectivity index (χ0) is 14.1. The van der Waals surface area contributed by atoms with Gasteiger partial charge >= 0.3 is 0 Å². The third-order valence-corrected chi connectivity index (χ3v) is 5.99. The van der Waals surface area contributed by atoms with Crippen molar-refractivity contribution in [2.45, 2.75) is 35.8 Å². The Morgan fingerprint density at radius 1 is 1.30 bits per heavy atom. The van der Waals surface area contributed by atoms with Crippen molar-refractivity contribution in [3.05, 3.63) is 40.8 Å². The Hall–Kier alpha value is -1.13. The molecule has 1 aliphatic rings. The van der Waals surface area contributed by atoms with E-state index in [0.29, 0.717) is 11.3 Å². The maximum Gasteiger partial charge on any atom is 0.121 e. The molecule has 0 radical (unpaired) electrons. The summed E-state index contributed by atoms with van der Waals surface area (Å²) < 4.78 is 6.79. The van der Waals surface area contributed by atoms with E-state index in [1.807, 2.05) is 29.2 Å². The fraction of sp³-hybridized carbons (Fsp3) is 0.375. The van der Waals surface area contributed by atoms with Crippen LogP contribution in [0.25, 0.3) is 0 Å². The summed E-state index contributed by atoms with van der Waals surface area (Å²) in [7, 11) is 1.72. The standard InChI is InChI=1S/C16H19NOS2/c1-10-8-12(4-5-15(10)18-3)17-14-9-11(2)20-16-13(14)6-7-19-16/h4-8,11,14,17H,9H2,1-3H3/t11-,14?/m0/s1. The number of hydrogen-bond acceptors (Lipinski definition) is 4. The first-order valence-electron chi connectivity index (χ1n) is 6.82. The van der Waals surface area contributed by atoms with Crippen LogP contribution in [0.2, 0.25) is 0 Å². The maximum atomic E-state index is 5.32. The van der Waals surface area contributed by atoms with Crippen LogP contribution in [-0.4, -0.2) is 12.4 Å². The SMILES string of the molecule is COc1ccc(NC2C[C@H](C)Sc3sccc32)cc1C. The number of aryl methyl sites for hydroxylation is 1. The molecule has 2 heterocycles. The molecule has 2 aromatic rings. The van der Waals surface area contributed by atoms with Crippen molar-refractivity contribution in [3.63, 3.8) is 0 Å². The van der Waals surface area contributed by atoms with Crippen molar-refractivity contribution >= 4 is 28.8 Å². The number of methoxy groups -OCH3 is 1. The summed E-state index contributed by atoms with van der Waals surface area (Å²) in [5.41, 5.74) is 3.79. The highest BCUT2D eigenvalue weighted by Gasteiger charge is 2.26. The molecule has 2 nitrogen and oxygen atoms in total. The van der Waals surface area contributed by atoms with Gasteiger partial charge in [0.05, 0.1) is 17.4 Å². The summed E-state index contributed by atoms with van der Waals surface area (Å²) in [6, 6.07) is 8.97. The smallest absolute Gasteiger partial charge is 0.121 e. The van der Waals surface area contributed by atoms with Gasteiger partial charge in [-0.25, -0.2) is 0 Å². The Bertz CT molecular complexity index is 608. The first kappa shape index (κ1) is 13.8. The summed E-state index contributed by atoms with van der Waals surface area (Å²) in [5.74, 6) is 0.944. The Morgan fingerprint density at radius 3 is 2.90 bits per heavy atom. The van der Waals surface area contributed by atoms with Gasteiger partial charge in [-0.1, -0.05) is 6.92 Å². The fourth-order valence-electron chi connectivity index (χ4n) is 2.66. The Balaban J connectivity index is 1.83. The van der Waals surface area contributed by atoms with Crippen LogP contribution in [0.4, 0.5) is 5.69 Å². The summed E-state index contributed by atoms with van der Waals surface area (Å²) in [6.45, 7) is 4.39. The first-order valence-corrected chi connectivity index (χ1v) is 8.58. The molecule has 1 aliphatic heterocycles. The van der Waals surface area contributed by atoms with E-state index in [1.54, 1.807) is 7.11 Å². The topological polar surface area (TPSA) is 21.3 Å². The Labute approximate surface area is 128 Å². The largest absolute Gasteiger partial charge is 0.496 e. The molecule has 0 spiro atoms. The minimum atomic E-state index is 0.417. The van der Waals surface area contributed by atoms with E-state index in [4.69, 9.17) is 4.74 Å². The highest BCUT2D eigenvalue weighted by atomic mass is 32.2. The van der Waals surface area contributed by atoms with Crippen LogP contribution in [0.3, 0.4) is 0 Å². The second-order valence-electron chi connectivity index (χ2n) is 5.21. The van der Waals surface area contributed by atoms with E-state index >= 15 is 0 Å². The second-order valence-corrected chi connectivity index (χ2v) is 7.83. The van der Waals surface area contributed by atoms with E-state index < -0.39 is 0 Å². The van der Waals surface area contributed by atoms with Gasteiger partial charge in [-0.2, -0.15) is 0 Å². The lowest BCUT2D eigenvalue weighted by molar-refractivity contribution is 0.412. The third-order valence-electron chi connectivity index (χ3n) is 3.65. The predicted molar refractivity (Wildman–Crippen MR) is 88.3 cm³/mol. The molecule has 0 amide bonds. The highest BCUT2D eigenvalue weighted by molar-refractivity contribution is 8.01. The molecule has 0 saturated heterocycles. The normalized spacial score (nSPS) is 21.4. The molecule has 0 saturated carbocycles. The van der Waals surface area contributed by atoms with E-state index in [0.717, 1.165) is 5.75 Å². The fourth-order valence-corrected chi connectivity index (χ4v) is 5.22. The predicted octanol–water partition coefficient (Wildman–Crippen LogP) is 5.10. The van der Waals surface area contributed by atoms with E-state index in [9.17, 15) is 0 Å². The van der Waals surface area contributed by atoms with Crippen LogP contribution in [-0.2, 0) is 0 Å². The number of hydrogen-bond donors (Lipinski definition) is 1. The highest BCUT2D eigenvalue weighted by Crippen LogP contribution is 2.45. The molecule has 1 aromatic carbocycles. The summed E-state index contributed by atoms with van der Waals surface area (Å²) >= 11 is 3.86. The molecule has 0 aliphatic carbocycles. The van der Waals surface area contributed by atoms with E-state index in [2.05, 4.69) is 42.7 Å². The average Bonchev–Trinajstić information content (AvgIpc) is 2.87.